The number of alkyl halides is 3. The lowest BCUT2D eigenvalue weighted by Gasteiger charge is -2.36. The molecule has 0 unspecified atom stereocenters. The van der Waals surface area contributed by atoms with Crippen LogP contribution in [0, 0.1) is 0 Å². The van der Waals surface area contributed by atoms with Gasteiger partial charge in [0.2, 0.25) is 0 Å². The van der Waals surface area contributed by atoms with Crippen molar-refractivity contribution >= 4 is 0 Å². The Balaban J connectivity index is 1.72. The van der Waals surface area contributed by atoms with Crippen LogP contribution in [0.2, 0.25) is 0 Å². The quantitative estimate of drug-likeness (QED) is 0.863. The maximum absolute atomic E-state index is 12.7. The topological polar surface area (TPSA) is 34.0 Å². The molecule has 0 bridgehead atoms. The molecule has 0 radical (unpaired) electrons. The molecule has 0 N–H and O–H groups in total. The molecule has 2 atom stereocenters. The predicted molar refractivity (Wildman–Crippen MR) is 79.7 cm³/mol. The van der Waals surface area contributed by atoms with Crippen molar-refractivity contribution in [1.29, 1.82) is 0 Å². The summed E-state index contributed by atoms with van der Waals surface area (Å²) in [6.07, 6.45) is 0.577. The maximum Gasteiger partial charge on any atom is 0.435 e. The lowest BCUT2D eigenvalue weighted by Crippen LogP contribution is -2.38. The second-order valence-corrected chi connectivity index (χ2v) is 5.90. The number of hydrogen-bond acceptors (Lipinski definition) is 3. The van der Waals surface area contributed by atoms with Gasteiger partial charge in [0, 0.05) is 25.0 Å². The van der Waals surface area contributed by atoms with Crippen LogP contribution in [0.3, 0.4) is 0 Å². The van der Waals surface area contributed by atoms with Crippen LogP contribution in [0.15, 0.2) is 36.7 Å². The smallest absolute Gasteiger partial charge is 0.293 e. The fraction of sp³-hybridized carbons (Fsp3) is 0.500. The fourth-order valence-corrected chi connectivity index (χ4v) is 3.05. The van der Waals surface area contributed by atoms with Crippen molar-refractivity contribution in [2.75, 3.05) is 13.1 Å². The van der Waals surface area contributed by atoms with Crippen LogP contribution in [0.1, 0.15) is 43.2 Å². The van der Waals surface area contributed by atoms with Gasteiger partial charge in [-0.2, -0.15) is 18.3 Å². The summed E-state index contributed by atoms with van der Waals surface area (Å²) in [6.45, 7) is 3.67. The van der Waals surface area contributed by atoms with E-state index in [1.54, 1.807) is 6.20 Å². The van der Waals surface area contributed by atoms with Gasteiger partial charge < -0.3 is 0 Å². The van der Waals surface area contributed by atoms with E-state index >= 15 is 0 Å². The summed E-state index contributed by atoms with van der Waals surface area (Å²) in [5.41, 5.74) is 0.150. The third-order valence-electron chi connectivity index (χ3n) is 4.36. The highest BCUT2D eigenvalue weighted by molar-refractivity contribution is 5.09. The molecule has 3 rings (SSSR count). The van der Waals surface area contributed by atoms with Crippen molar-refractivity contribution in [1.82, 2.24) is 19.7 Å². The standard InChI is InChI=1S/C16H19F3N4/c1-12(14-6-2-3-8-20-14)22-9-4-5-13(11-22)23-10-7-15(21-23)16(17,18)19/h2-3,6-8,10,12-13H,4-5,9,11H2,1H3/t12-,13+/m0/s1. The molecule has 3 heterocycles. The number of hydrogen-bond donors (Lipinski definition) is 0. The summed E-state index contributed by atoms with van der Waals surface area (Å²) in [7, 11) is 0. The summed E-state index contributed by atoms with van der Waals surface area (Å²) >= 11 is 0. The third kappa shape index (κ3) is 3.55. The zero-order chi connectivity index (χ0) is 16.4. The van der Waals surface area contributed by atoms with Crippen LogP contribution < -0.4 is 0 Å². The van der Waals surface area contributed by atoms with Crippen molar-refractivity contribution in [3.63, 3.8) is 0 Å². The van der Waals surface area contributed by atoms with Crippen LogP contribution in [0.5, 0.6) is 0 Å². The van der Waals surface area contributed by atoms with Gasteiger partial charge in [0.25, 0.3) is 0 Å². The van der Waals surface area contributed by atoms with Gasteiger partial charge in [0.1, 0.15) is 0 Å². The molecule has 7 heteroatoms. The molecule has 1 fully saturated rings. The normalized spacial score (nSPS) is 21.3. The van der Waals surface area contributed by atoms with Crippen molar-refractivity contribution < 1.29 is 13.2 Å². The molecule has 1 saturated heterocycles. The molecule has 0 saturated carbocycles. The Morgan fingerprint density at radius 2 is 2.09 bits per heavy atom. The van der Waals surface area contributed by atoms with Gasteiger partial charge >= 0.3 is 6.18 Å². The maximum atomic E-state index is 12.7. The average molecular weight is 324 g/mol. The van der Waals surface area contributed by atoms with Crippen LogP contribution in [-0.4, -0.2) is 32.8 Å². The van der Waals surface area contributed by atoms with Gasteiger partial charge in [-0.15, -0.1) is 0 Å². The number of likely N-dealkylation sites (tertiary alicyclic amines) is 1. The monoisotopic (exact) mass is 324 g/mol. The molecule has 23 heavy (non-hydrogen) atoms. The van der Waals surface area contributed by atoms with Crippen LogP contribution in [0.4, 0.5) is 13.2 Å². The summed E-state index contributed by atoms with van der Waals surface area (Å²) < 4.78 is 39.6. The highest BCUT2D eigenvalue weighted by Crippen LogP contribution is 2.31. The number of pyridine rings is 1. The van der Waals surface area contributed by atoms with Crippen molar-refractivity contribution in [3.05, 3.63) is 48.0 Å². The third-order valence-corrected chi connectivity index (χ3v) is 4.36. The van der Waals surface area contributed by atoms with E-state index in [2.05, 4.69) is 21.9 Å². The first-order chi connectivity index (χ1) is 10.9. The summed E-state index contributed by atoms with van der Waals surface area (Å²) in [5.74, 6) is 0. The summed E-state index contributed by atoms with van der Waals surface area (Å²) in [5, 5.41) is 3.72. The van der Waals surface area contributed by atoms with Crippen molar-refractivity contribution in [3.8, 4) is 0 Å². The molecule has 1 aliphatic rings. The van der Waals surface area contributed by atoms with Gasteiger partial charge in [-0.1, -0.05) is 6.07 Å². The Labute approximate surface area is 132 Å². The average Bonchev–Trinajstić information content (AvgIpc) is 3.05. The van der Waals surface area contributed by atoms with Crippen LogP contribution >= 0.6 is 0 Å². The zero-order valence-electron chi connectivity index (χ0n) is 12.9. The summed E-state index contributed by atoms with van der Waals surface area (Å²) in [6, 6.07) is 6.94. The molecule has 2 aromatic heterocycles. The minimum Gasteiger partial charge on any atom is -0.293 e. The van der Waals surface area contributed by atoms with E-state index in [4.69, 9.17) is 0 Å². The fourth-order valence-electron chi connectivity index (χ4n) is 3.05. The molecule has 1 aliphatic heterocycles. The van der Waals surface area contributed by atoms with Gasteiger partial charge in [-0.05, 0) is 44.5 Å². The van der Waals surface area contributed by atoms with E-state index in [9.17, 15) is 13.2 Å². The minimum absolute atomic E-state index is 0.0361. The number of halogens is 3. The number of aromatic nitrogens is 3. The molecule has 124 valence electrons. The SMILES string of the molecule is C[C@@H](c1ccccn1)N1CCC[C@@H](n2ccc(C(F)(F)F)n2)C1. The molecule has 0 aliphatic carbocycles. The molecule has 0 spiro atoms. The van der Waals surface area contributed by atoms with Gasteiger partial charge in [0.05, 0.1) is 11.7 Å². The van der Waals surface area contributed by atoms with E-state index in [0.29, 0.717) is 6.54 Å². The first kappa shape index (κ1) is 16.0. The number of piperidine rings is 1. The zero-order valence-corrected chi connectivity index (χ0v) is 12.9. The van der Waals surface area contributed by atoms with Crippen molar-refractivity contribution in [2.45, 2.75) is 38.0 Å². The minimum atomic E-state index is -4.39. The second kappa shape index (κ2) is 6.31. The second-order valence-electron chi connectivity index (χ2n) is 5.90. The Morgan fingerprint density at radius 1 is 1.26 bits per heavy atom. The lowest BCUT2D eigenvalue weighted by atomic mass is 10.0. The first-order valence-corrected chi connectivity index (χ1v) is 7.72. The van der Waals surface area contributed by atoms with E-state index in [1.807, 2.05) is 18.2 Å². The molecular weight excluding hydrogens is 305 g/mol. The first-order valence-electron chi connectivity index (χ1n) is 7.72. The molecule has 0 amide bonds. The van der Waals surface area contributed by atoms with Crippen molar-refractivity contribution in [2.24, 2.45) is 0 Å². The highest BCUT2D eigenvalue weighted by Gasteiger charge is 2.35. The van der Waals surface area contributed by atoms with E-state index in [-0.39, 0.29) is 12.1 Å². The Bertz CT molecular complexity index is 638. The summed E-state index contributed by atoms with van der Waals surface area (Å²) in [4.78, 5) is 6.63. The van der Waals surface area contributed by atoms with E-state index < -0.39 is 11.9 Å². The number of rotatable bonds is 3. The van der Waals surface area contributed by atoms with E-state index in [0.717, 1.165) is 31.1 Å². The van der Waals surface area contributed by atoms with Crippen LogP contribution in [0.25, 0.3) is 0 Å². The molecule has 2 aromatic rings. The van der Waals surface area contributed by atoms with Gasteiger partial charge in [0.15, 0.2) is 5.69 Å². The number of nitrogens with zero attached hydrogens (tertiary/aromatic N) is 4. The highest BCUT2D eigenvalue weighted by atomic mass is 19.4. The van der Waals surface area contributed by atoms with Crippen LogP contribution in [-0.2, 0) is 6.18 Å². The van der Waals surface area contributed by atoms with Gasteiger partial charge in [-0.3, -0.25) is 14.6 Å². The predicted octanol–water partition coefficient (Wildman–Crippen LogP) is 3.70. The Hall–Kier alpha value is -1.89. The molecule has 4 nitrogen and oxygen atoms in total. The van der Waals surface area contributed by atoms with Gasteiger partial charge in [-0.25, -0.2) is 0 Å². The largest absolute Gasteiger partial charge is 0.435 e. The molecule has 0 aromatic carbocycles. The molecular formula is C16H19F3N4. The van der Waals surface area contributed by atoms with E-state index in [1.165, 1.54) is 10.9 Å². The Morgan fingerprint density at radius 3 is 2.74 bits per heavy atom. The lowest BCUT2D eigenvalue weighted by molar-refractivity contribution is -0.141. The Kier molecular flexibility index (Phi) is 4.39.